The number of hydrogen-bond acceptors (Lipinski definition) is 12. The molecule has 2 aliphatic heterocycles. The van der Waals surface area contributed by atoms with Crippen molar-refractivity contribution < 1.29 is 53.7 Å². The summed E-state index contributed by atoms with van der Waals surface area (Å²) >= 11 is 1.23. The number of carboxylic acids is 3. The van der Waals surface area contributed by atoms with E-state index in [1.165, 1.54) is 18.7 Å². The lowest BCUT2D eigenvalue weighted by molar-refractivity contribution is -0.145. The molecule has 2 unspecified atom stereocenters. The van der Waals surface area contributed by atoms with Crippen molar-refractivity contribution in [3.05, 3.63) is 0 Å². The van der Waals surface area contributed by atoms with Gasteiger partial charge in [0, 0.05) is 97.4 Å². The third-order valence-electron chi connectivity index (χ3n) is 8.29. The SMILES string of the molecule is CC.CC(=O)NCCCCCNC(=O)CCSC1CC(=O)N(CCNC(=O)CCC(C(=O)O)N2CCN(CC(=O)O)CCN(CC(=O)O)CC2)C1=O. The molecule has 0 aromatic rings. The number of unbranched alkanes of at least 4 members (excludes halogenated alkanes) is 2. The summed E-state index contributed by atoms with van der Waals surface area (Å²) in [5.74, 6) is -4.38. The van der Waals surface area contributed by atoms with E-state index in [4.69, 9.17) is 0 Å². The minimum atomic E-state index is -1.17. The molecule has 0 radical (unpaired) electrons. The topological polar surface area (TPSA) is 246 Å². The van der Waals surface area contributed by atoms with Gasteiger partial charge < -0.3 is 31.3 Å². The van der Waals surface area contributed by atoms with E-state index in [-0.39, 0.29) is 102 Å². The molecular formula is C33H57N7O11S. The van der Waals surface area contributed by atoms with E-state index >= 15 is 0 Å². The van der Waals surface area contributed by atoms with Gasteiger partial charge in [0.15, 0.2) is 0 Å². The van der Waals surface area contributed by atoms with Crippen LogP contribution in [0.5, 0.6) is 0 Å². The zero-order valence-electron chi connectivity index (χ0n) is 30.6. The summed E-state index contributed by atoms with van der Waals surface area (Å²) in [7, 11) is 0. The Balaban J connectivity index is 0.00000664. The van der Waals surface area contributed by atoms with Gasteiger partial charge in [0.2, 0.25) is 29.5 Å². The zero-order chi connectivity index (χ0) is 39.1. The van der Waals surface area contributed by atoms with E-state index in [2.05, 4.69) is 16.0 Å². The lowest BCUT2D eigenvalue weighted by Crippen LogP contribution is -2.47. The third kappa shape index (κ3) is 19.1. The largest absolute Gasteiger partial charge is 0.480 e. The monoisotopic (exact) mass is 759 g/mol. The van der Waals surface area contributed by atoms with E-state index in [1.54, 1.807) is 14.7 Å². The molecule has 2 fully saturated rings. The van der Waals surface area contributed by atoms with Crippen molar-refractivity contribution in [3.8, 4) is 0 Å². The summed E-state index contributed by atoms with van der Waals surface area (Å²) in [5, 5.41) is 36.0. The van der Waals surface area contributed by atoms with Gasteiger partial charge in [-0.25, -0.2) is 0 Å². The number of carbonyl (C=O) groups is 8. The van der Waals surface area contributed by atoms with E-state index in [9.17, 15) is 53.7 Å². The molecule has 5 amide bonds. The van der Waals surface area contributed by atoms with Crippen LogP contribution >= 0.6 is 11.8 Å². The van der Waals surface area contributed by atoms with Gasteiger partial charge in [-0.15, -0.1) is 11.8 Å². The normalized spacial score (nSPS) is 17.9. The van der Waals surface area contributed by atoms with Crippen molar-refractivity contribution in [1.29, 1.82) is 0 Å². The van der Waals surface area contributed by atoms with E-state index in [0.717, 1.165) is 24.2 Å². The fourth-order valence-corrected chi connectivity index (χ4v) is 6.73. The second kappa shape index (κ2) is 26.0. The van der Waals surface area contributed by atoms with Crippen LogP contribution in [0.3, 0.4) is 0 Å². The highest BCUT2D eigenvalue weighted by molar-refractivity contribution is 8.00. The highest BCUT2D eigenvalue weighted by Crippen LogP contribution is 2.25. The number of likely N-dealkylation sites (tertiary alicyclic amines) is 1. The second-order valence-electron chi connectivity index (χ2n) is 12.2. The van der Waals surface area contributed by atoms with Crippen LogP contribution in [-0.4, -0.2) is 178 Å². The van der Waals surface area contributed by atoms with Gasteiger partial charge >= 0.3 is 17.9 Å². The Morgan fingerprint density at radius 2 is 1.27 bits per heavy atom. The lowest BCUT2D eigenvalue weighted by atomic mass is 10.1. The van der Waals surface area contributed by atoms with Crippen LogP contribution in [0.25, 0.3) is 0 Å². The van der Waals surface area contributed by atoms with Gasteiger partial charge in [-0.1, -0.05) is 13.8 Å². The number of carboxylic acid groups (broad SMARTS) is 3. The first-order chi connectivity index (χ1) is 24.8. The molecule has 2 saturated heterocycles. The highest BCUT2D eigenvalue weighted by Gasteiger charge is 2.38. The number of amides is 5. The fraction of sp³-hybridized carbons (Fsp3) is 0.758. The number of rotatable bonds is 22. The number of carbonyl (C=O) groups excluding carboxylic acids is 5. The molecule has 0 aromatic heterocycles. The molecule has 18 nitrogen and oxygen atoms in total. The van der Waals surface area contributed by atoms with Gasteiger partial charge in [-0.3, -0.25) is 58.0 Å². The Morgan fingerprint density at radius 3 is 1.81 bits per heavy atom. The smallest absolute Gasteiger partial charge is 0.320 e. The Morgan fingerprint density at radius 1 is 0.750 bits per heavy atom. The molecule has 0 bridgehead atoms. The zero-order valence-corrected chi connectivity index (χ0v) is 31.4. The minimum Gasteiger partial charge on any atom is -0.480 e. The van der Waals surface area contributed by atoms with E-state index in [1.807, 2.05) is 13.8 Å². The summed E-state index contributed by atoms with van der Waals surface area (Å²) in [5.41, 5.74) is 0. The Hall–Kier alpha value is -3.81. The fourth-order valence-electron chi connectivity index (χ4n) is 5.61. The average Bonchev–Trinajstić information content (AvgIpc) is 3.38. The number of imide groups is 1. The Labute approximate surface area is 309 Å². The molecule has 52 heavy (non-hydrogen) atoms. The first-order valence-electron chi connectivity index (χ1n) is 17.9. The van der Waals surface area contributed by atoms with Crippen LogP contribution in [0.2, 0.25) is 0 Å². The molecule has 19 heteroatoms. The molecule has 2 heterocycles. The van der Waals surface area contributed by atoms with Crippen molar-refractivity contribution in [1.82, 2.24) is 35.6 Å². The van der Waals surface area contributed by atoms with Crippen molar-refractivity contribution in [2.45, 2.75) is 77.0 Å². The summed E-state index contributed by atoms with van der Waals surface area (Å²) in [6.45, 7) is 7.46. The maximum absolute atomic E-state index is 12.8. The van der Waals surface area contributed by atoms with Crippen LogP contribution in [0.15, 0.2) is 0 Å². The van der Waals surface area contributed by atoms with Crippen molar-refractivity contribution >= 4 is 59.2 Å². The second-order valence-corrected chi connectivity index (χ2v) is 13.5. The van der Waals surface area contributed by atoms with Crippen LogP contribution in [0.1, 0.15) is 65.7 Å². The number of thioether (sulfide) groups is 1. The van der Waals surface area contributed by atoms with Crippen LogP contribution in [0.4, 0.5) is 0 Å². The molecule has 2 rings (SSSR count). The molecule has 0 aliphatic carbocycles. The van der Waals surface area contributed by atoms with E-state index < -0.39 is 35.1 Å². The molecule has 0 aromatic carbocycles. The standard InChI is InChI=1S/C31H51N7O11S.C2H6/c1-22(39)32-8-3-2-4-9-33-26(41)7-18-50-24-19-27(42)38(30(24)47)11-10-34-25(40)6-5-23(31(48)49)37-16-14-35(20-28(43)44)12-13-36(15-17-37)21-29(45)46;1-2/h23-24H,2-21H2,1H3,(H,32,39)(H,33,41)(H,34,40)(H,43,44)(H,45,46)(H,48,49);1-2H3. The molecule has 0 spiro atoms. The van der Waals surface area contributed by atoms with Crippen LogP contribution < -0.4 is 16.0 Å². The minimum absolute atomic E-state index is 0.00270. The predicted molar refractivity (Wildman–Crippen MR) is 192 cm³/mol. The number of nitrogens with one attached hydrogen (secondary N) is 3. The average molecular weight is 760 g/mol. The van der Waals surface area contributed by atoms with Crippen molar-refractivity contribution in [3.63, 3.8) is 0 Å². The first kappa shape index (κ1) is 46.2. The maximum atomic E-state index is 12.8. The van der Waals surface area contributed by atoms with Gasteiger partial charge in [0.25, 0.3) is 0 Å². The number of aliphatic carboxylic acids is 3. The van der Waals surface area contributed by atoms with E-state index in [0.29, 0.717) is 31.9 Å². The number of hydrogen-bond donors (Lipinski definition) is 6. The Kier molecular flexibility index (Phi) is 23.1. The van der Waals surface area contributed by atoms with Gasteiger partial charge in [-0.05, 0) is 25.7 Å². The van der Waals surface area contributed by atoms with Crippen LogP contribution in [0, 0.1) is 0 Å². The molecule has 296 valence electrons. The highest BCUT2D eigenvalue weighted by atomic mass is 32.2. The van der Waals surface area contributed by atoms with Gasteiger partial charge in [0.1, 0.15) is 6.04 Å². The lowest BCUT2D eigenvalue weighted by Gasteiger charge is -2.30. The summed E-state index contributed by atoms with van der Waals surface area (Å²) < 4.78 is 0. The summed E-state index contributed by atoms with van der Waals surface area (Å²) in [4.78, 5) is 102. The molecular weight excluding hydrogens is 702 g/mol. The molecule has 2 aliphatic rings. The quantitative estimate of drug-likeness (QED) is 0.0580. The third-order valence-corrected chi connectivity index (χ3v) is 9.50. The summed E-state index contributed by atoms with van der Waals surface area (Å²) in [6, 6.07) is -1.08. The molecule has 0 saturated carbocycles. The van der Waals surface area contributed by atoms with Gasteiger partial charge in [0.05, 0.1) is 18.3 Å². The number of nitrogens with zero attached hydrogens (tertiary/aromatic N) is 4. The molecule has 6 N–H and O–H groups in total. The van der Waals surface area contributed by atoms with Crippen LogP contribution in [-0.2, 0) is 38.4 Å². The predicted octanol–water partition coefficient (Wildman–Crippen LogP) is -0.876. The first-order valence-corrected chi connectivity index (χ1v) is 18.9. The van der Waals surface area contributed by atoms with Crippen molar-refractivity contribution in [2.24, 2.45) is 0 Å². The maximum Gasteiger partial charge on any atom is 0.320 e. The molecule has 2 atom stereocenters. The van der Waals surface area contributed by atoms with Crippen molar-refractivity contribution in [2.75, 3.05) is 84.3 Å². The van der Waals surface area contributed by atoms with Gasteiger partial charge in [-0.2, -0.15) is 0 Å². The Bertz CT molecular complexity index is 1180. The summed E-state index contributed by atoms with van der Waals surface area (Å²) in [6.07, 6.45) is 2.43.